The summed E-state index contributed by atoms with van der Waals surface area (Å²) in [7, 11) is 0. The Labute approximate surface area is 131 Å². The number of aryl methyl sites for hydroxylation is 1. The zero-order valence-corrected chi connectivity index (χ0v) is 13.1. The van der Waals surface area contributed by atoms with Gasteiger partial charge in [0.15, 0.2) is 0 Å². The molecule has 0 fully saturated rings. The van der Waals surface area contributed by atoms with E-state index in [4.69, 9.17) is 23.2 Å². The molecule has 5 heteroatoms. The standard InChI is InChI=1S/C15H12Cl2N2S/c1-9-19-14-6-5-10(7-15(14)20-9)18-8-11-12(16)3-2-4-13(11)17/h2-7,18H,8H2,1H3. The van der Waals surface area contributed by atoms with Crippen LogP contribution >= 0.6 is 34.5 Å². The van der Waals surface area contributed by atoms with E-state index in [9.17, 15) is 0 Å². The summed E-state index contributed by atoms with van der Waals surface area (Å²) in [4.78, 5) is 4.45. The summed E-state index contributed by atoms with van der Waals surface area (Å²) in [6.07, 6.45) is 0. The largest absolute Gasteiger partial charge is 0.381 e. The van der Waals surface area contributed by atoms with Crippen molar-refractivity contribution in [2.75, 3.05) is 5.32 Å². The van der Waals surface area contributed by atoms with E-state index in [0.717, 1.165) is 21.8 Å². The van der Waals surface area contributed by atoms with Crippen molar-refractivity contribution in [1.82, 2.24) is 4.98 Å². The molecule has 0 aliphatic rings. The molecular weight excluding hydrogens is 311 g/mol. The smallest absolute Gasteiger partial charge is 0.0907 e. The Hall–Kier alpha value is -1.29. The molecule has 0 bridgehead atoms. The third-order valence-corrected chi connectivity index (χ3v) is 4.67. The average molecular weight is 323 g/mol. The van der Waals surface area contributed by atoms with Crippen LogP contribution in [0.15, 0.2) is 36.4 Å². The molecule has 1 heterocycles. The summed E-state index contributed by atoms with van der Waals surface area (Å²) >= 11 is 14.0. The van der Waals surface area contributed by atoms with Crippen molar-refractivity contribution in [3.63, 3.8) is 0 Å². The Morgan fingerprint density at radius 2 is 1.90 bits per heavy atom. The number of hydrogen-bond donors (Lipinski definition) is 1. The lowest BCUT2D eigenvalue weighted by Crippen LogP contribution is -2.00. The van der Waals surface area contributed by atoms with E-state index in [1.54, 1.807) is 11.3 Å². The summed E-state index contributed by atoms with van der Waals surface area (Å²) in [5, 5.41) is 5.79. The molecule has 1 aromatic heterocycles. The van der Waals surface area contributed by atoms with Crippen LogP contribution in [0.5, 0.6) is 0 Å². The molecule has 1 N–H and O–H groups in total. The summed E-state index contributed by atoms with van der Waals surface area (Å²) in [5.41, 5.74) is 2.99. The van der Waals surface area contributed by atoms with E-state index < -0.39 is 0 Å². The Kier molecular flexibility index (Phi) is 3.83. The van der Waals surface area contributed by atoms with Gasteiger partial charge in [0.1, 0.15) is 0 Å². The predicted molar refractivity (Wildman–Crippen MR) is 88.1 cm³/mol. The van der Waals surface area contributed by atoms with Crippen molar-refractivity contribution in [3.05, 3.63) is 57.0 Å². The first-order valence-electron chi connectivity index (χ1n) is 6.17. The van der Waals surface area contributed by atoms with Crippen LogP contribution in [0.4, 0.5) is 5.69 Å². The number of anilines is 1. The maximum absolute atomic E-state index is 6.16. The van der Waals surface area contributed by atoms with E-state index in [2.05, 4.69) is 16.4 Å². The summed E-state index contributed by atoms with van der Waals surface area (Å²) in [6.45, 7) is 2.61. The van der Waals surface area contributed by atoms with Gasteiger partial charge < -0.3 is 5.32 Å². The summed E-state index contributed by atoms with van der Waals surface area (Å²) < 4.78 is 1.18. The molecule has 3 aromatic rings. The predicted octanol–water partition coefficient (Wildman–Crippen LogP) is 5.52. The average Bonchev–Trinajstić information content (AvgIpc) is 2.77. The Bertz CT molecular complexity index is 747. The minimum absolute atomic E-state index is 0.599. The highest BCUT2D eigenvalue weighted by atomic mass is 35.5. The van der Waals surface area contributed by atoms with Crippen molar-refractivity contribution in [2.45, 2.75) is 13.5 Å². The van der Waals surface area contributed by atoms with Crippen molar-refractivity contribution in [2.24, 2.45) is 0 Å². The van der Waals surface area contributed by atoms with Gasteiger partial charge in [-0.05, 0) is 37.3 Å². The van der Waals surface area contributed by atoms with Crippen LogP contribution in [0.25, 0.3) is 10.2 Å². The van der Waals surface area contributed by atoms with Crippen LogP contribution in [0.2, 0.25) is 10.0 Å². The van der Waals surface area contributed by atoms with Gasteiger partial charge in [0, 0.05) is 27.8 Å². The molecule has 0 unspecified atom stereocenters. The minimum atomic E-state index is 0.599. The highest BCUT2D eigenvalue weighted by Gasteiger charge is 2.06. The first kappa shape index (κ1) is 13.7. The fourth-order valence-electron chi connectivity index (χ4n) is 2.04. The molecule has 2 nitrogen and oxygen atoms in total. The van der Waals surface area contributed by atoms with Crippen molar-refractivity contribution < 1.29 is 0 Å². The van der Waals surface area contributed by atoms with Gasteiger partial charge in [0.25, 0.3) is 0 Å². The van der Waals surface area contributed by atoms with Crippen LogP contribution in [-0.4, -0.2) is 4.98 Å². The molecule has 0 spiro atoms. The maximum Gasteiger partial charge on any atom is 0.0907 e. The number of rotatable bonds is 3. The zero-order chi connectivity index (χ0) is 14.1. The van der Waals surface area contributed by atoms with Gasteiger partial charge >= 0.3 is 0 Å². The van der Waals surface area contributed by atoms with Crippen molar-refractivity contribution >= 4 is 50.4 Å². The van der Waals surface area contributed by atoms with Gasteiger partial charge in [0.2, 0.25) is 0 Å². The second-order valence-electron chi connectivity index (χ2n) is 4.47. The van der Waals surface area contributed by atoms with Gasteiger partial charge in [-0.1, -0.05) is 29.3 Å². The quantitative estimate of drug-likeness (QED) is 0.686. The number of nitrogens with one attached hydrogen (secondary N) is 1. The normalized spacial score (nSPS) is 10.9. The topological polar surface area (TPSA) is 24.9 Å². The third kappa shape index (κ3) is 2.75. The van der Waals surface area contributed by atoms with E-state index in [1.165, 1.54) is 4.70 Å². The molecule has 0 saturated heterocycles. The Morgan fingerprint density at radius 3 is 2.65 bits per heavy atom. The Morgan fingerprint density at radius 1 is 1.15 bits per heavy atom. The molecule has 0 aliphatic heterocycles. The molecule has 0 amide bonds. The Balaban J connectivity index is 1.83. The molecule has 3 rings (SSSR count). The lowest BCUT2D eigenvalue weighted by molar-refractivity contribution is 1.15. The van der Waals surface area contributed by atoms with Crippen LogP contribution < -0.4 is 5.32 Å². The van der Waals surface area contributed by atoms with Gasteiger partial charge in [0.05, 0.1) is 15.2 Å². The van der Waals surface area contributed by atoms with E-state index in [1.807, 2.05) is 37.3 Å². The van der Waals surface area contributed by atoms with Gasteiger partial charge in [-0.3, -0.25) is 0 Å². The number of fused-ring (bicyclic) bond motifs is 1. The van der Waals surface area contributed by atoms with Crippen LogP contribution in [0.1, 0.15) is 10.6 Å². The second-order valence-corrected chi connectivity index (χ2v) is 6.52. The van der Waals surface area contributed by atoms with E-state index in [0.29, 0.717) is 16.6 Å². The minimum Gasteiger partial charge on any atom is -0.381 e. The molecule has 102 valence electrons. The number of thiazole rings is 1. The van der Waals surface area contributed by atoms with Gasteiger partial charge in [-0.2, -0.15) is 0 Å². The van der Waals surface area contributed by atoms with E-state index in [-0.39, 0.29) is 0 Å². The number of benzene rings is 2. The molecule has 2 aromatic carbocycles. The maximum atomic E-state index is 6.16. The lowest BCUT2D eigenvalue weighted by atomic mass is 10.2. The number of nitrogens with zero attached hydrogens (tertiary/aromatic N) is 1. The SMILES string of the molecule is Cc1nc2ccc(NCc3c(Cl)cccc3Cl)cc2s1. The lowest BCUT2D eigenvalue weighted by Gasteiger charge is -2.09. The monoisotopic (exact) mass is 322 g/mol. The molecule has 0 atom stereocenters. The summed E-state index contributed by atoms with van der Waals surface area (Å²) in [5.74, 6) is 0. The highest BCUT2D eigenvalue weighted by molar-refractivity contribution is 7.18. The molecule has 20 heavy (non-hydrogen) atoms. The molecule has 0 aliphatic carbocycles. The molecule has 0 radical (unpaired) electrons. The van der Waals surface area contributed by atoms with Gasteiger partial charge in [-0.25, -0.2) is 4.98 Å². The van der Waals surface area contributed by atoms with Crippen molar-refractivity contribution in [3.8, 4) is 0 Å². The highest BCUT2D eigenvalue weighted by Crippen LogP contribution is 2.27. The van der Waals surface area contributed by atoms with Crippen LogP contribution in [0, 0.1) is 6.92 Å². The van der Waals surface area contributed by atoms with E-state index >= 15 is 0 Å². The third-order valence-electron chi connectivity index (χ3n) is 3.03. The number of aromatic nitrogens is 1. The summed E-state index contributed by atoms with van der Waals surface area (Å²) in [6, 6.07) is 11.7. The van der Waals surface area contributed by atoms with Gasteiger partial charge in [-0.15, -0.1) is 11.3 Å². The first-order chi connectivity index (χ1) is 9.63. The fraction of sp³-hybridized carbons (Fsp3) is 0.133. The second kappa shape index (κ2) is 5.60. The van der Waals surface area contributed by atoms with Crippen LogP contribution in [-0.2, 0) is 6.54 Å². The molecular formula is C15H12Cl2N2S. The fourth-order valence-corrected chi connectivity index (χ4v) is 3.44. The zero-order valence-electron chi connectivity index (χ0n) is 10.8. The number of hydrogen-bond acceptors (Lipinski definition) is 3. The van der Waals surface area contributed by atoms with Crippen LogP contribution in [0.3, 0.4) is 0 Å². The number of halogens is 2. The first-order valence-corrected chi connectivity index (χ1v) is 7.75. The molecule has 0 saturated carbocycles. The van der Waals surface area contributed by atoms with Crippen molar-refractivity contribution in [1.29, 1.82) is 0 Å².